The number of halogens is 1. The van der Waals surface area contributed by atoms with Crippen LogP contribution in [0, 0.1) is 6.92 Å². The molecule has 0 saturated carbocycles. The van der Waals surface area contributed by atoms with Gasteiger partial charge >= 0.3 is 0 Å². The molecule has 0 unspecified atom stereocenters. The molecule has 0 spiro atoms. The summed E-state index contributed by atoms with van der Waals surface area (Å²) < 4.78 is 5.39. The number of rotatable bonds is 3. The van der Waals surface area contributed by atoms with Crippen molar-refractivity contribution in [1.82, 2.24) is 4.98 Å². The van der Waals surface area contributed by atoms with Gasteiger partial charge in [0.05, 0.1) is 0 Å². The number of benzene rings is 2. The number of nitrogens with zero attached hydrogens (tertiary/aromatic N) is 1. The minimum absolute atomic E-state index is 0.251. The van der Waals surface area contributed by atoms with Gasteiger partial charge in [0, 0.05) is 16.3 Å². The van der Waals surface area contributed by atoms with Crippen LogP contribution >= 0.6 is 11.6 Å². The van der Waals surface area contributed by atoms with Gasteiger partial charge in [0.15, 0.2) is 17.8 Å². The van der Waals surface area contributed by atoms with Gasteiger partial charge in [0.2, 0.25) is 0 Å². The molecule has 1 amide bonds. The molecule has 0 aliphatic heterocycles. The molecule has 1 N–H and O–H groups in total. The van der Waals surface area contributed by atoms with E-state index < -0.39 is 0 Å². The van der Waals surface area contributed by atoms with E-state index in [1.165, 1.54) is 6.39 Å². The Bertz CT molecular complexity index is 810. The molecule has 5 heteroatoms. The Morgan fingerprint density at radius 2 is 1.95 bits per heavy atom. The van der Waals surface area contributed by atoms with Gasteiger partial charge in [0.25, 0.3) is 5.91 Å². The van der Waals surface area contributed by atoms with Crippen molar-refractivity contribution in [2.24, 2.45) is 0 Å². The first-order valence-electron chi connectivity index (χ1n) is 6.71. The highest BCUT2D eigenvalue weighted by Gasteiger charge is 2.18. The molecule has 0 fully saturated rings. The number of oxazole rings is 1. The molecule has 3 aromatic rings. The standard InChI is InChI=1S/C17H13ClN2O2/c1-11-3-2-4-12(9-11)16-15(19-10-22-16)17(21)20-14-7-5-13(18)6-8-14/h2-10H,1H3,(H,20,21). The van der Waals surface area contributed by atoms with E-state index in [-0.39, 0.29) is 11.6 Å². The van der Waals surface area contributed by atoms with Gasteiger partial charge in [-0.1, -0.05) is 35.4 Å². The van der Waals surface area contributed by atoms with E-state index >= 15 is 0 Å². The van der Waals surface area contributed by atoms with E-state index in [4.69, 9.17) is 16.0 Å². The first-order chi connectivity index (χ1) is 10.6. The average Bonchev–Trinajstić information content (AvgIpc) is 2.99. The first-order valence-corrected chi connectivity index (χ1v) is 7.09. The predicted molar refractivity (Wildman–Crippen MR) is 86.1 cm³/mol. The second-order valence-electron chi connectivity index (χ2n) is 4.86. The molecule has 0 saturated heterocycles. The Kier molecular flexibility index (Phi) is 3.94. The molecule has 1 heterocycles. The van der Waals surface area contributed by atoms with Gasteiger partial charge < -0.3 is 9.73 Å². The number of carbonyl (C=O) groups excluding carboxylic acids is 1. The van der Waals surface area contributed by atoms with E-state index in [1.54, 1.807) is 24.3 Å². The normalized spacial score (nSPS) is 10.5. The summed E-state index contributed by atoms with van der Waals surface area (Å²) in [6.07, 6.45) is 1.27. The predicted octanol–water partition coefficient (Wildman–Crippen LogP) is 4.56. The maximum absolute atomic E-state index is 12.4. The highest BCUT2D eigenvalue weighted by molar-refractivity contribution is 6.30. The third-order valence-corrected chi connectivity index (χ3v) is 3.42. The second-order valence-corrected chi connectivity index (χ2v) is 5.30. The molecule has 3 rings (SSSR count). The summed E-state index contributed by atoms with van der Waals surface area (Å²) in [4.78, 5) is 16.4. The van der Waals surface area contributed by atoms with Crippen LogP contribution < -0.4 is 5.32 Å². The maximum atomic E-state index is 12.4. The van der Waals surface area contributed by atoms with Crippen LogP contribution in [0.4, 0.5) is 5.69 Å². The van der Waals surface area contributed by atoms with E-state index in [2.05, 4.69) is 10.3 Å². The highest BCUT2D eigenvalue weighted by Crippen LogP contribution is 2.25. The Morgan fingerprint density at radius 1 is 1.18 bits per heavy atom. The SMILES string of the molecule is Cc1cccc(-c2ocnc2C(=O)Nc2ccc(Cl)cc2)c1. The van der Waals surface area contributed by atoms with Crippen LogP contribution in [-0.2, 0) is 0 Å². The van der Waals surface area contributed by atoms with Crippen molar-refractivity contribution >= 4 is 23.2 Å². The van der Waals surface area contributed by atoms with Crippen LogP contribution in [0.5, 0.6) is 0 Å². The highest BCUT2D eigenvalue weighted by atomic mass is 35.5. The molecule has 1 aromatic heterocycles. The van der Waals surface area contributed by atoms with Crippen LogP contribution in [0.1, 0.15) is 16.1 Å². The number of nitrogens with one attached hydrogen (secondary N) is 1. The topological polar surface area (TPSA) is 55.1 Å². The molecule has 22 heavy (non-hydrogen) atoms. The van der Waals surface area contributed by atoms with Gasteiger partial charge in [-0.15, -0.1) is 0 Å². The minimum Gasteiger partial charge on any atom is -0.443 e. The smallest absolute Gasteiger partial charge is 0.278 e. The Labute approximate surface area is 132 Å². The summed E-state index contributed by atoms with van der Waals surface area (Å²) >= 11 is 5.83. The zero-order valence-electron chi connectivity index (χ0n) is 11.8. The zero-order chi connectivity index (χ0) is 15.5. The minimum atomic E-state index is -0.326. The molecular weight excluding hydrogens is 300 g/mol. The second kappa shape index (κ2) is 6.03. The van der Waals surface area contributed by atoms with Crippen molar-refractivity contribution in [2.75, 3.05) is 5.32 Å². The molecule has 0 bridgehead atoms. The number of aromatic nitrogens is 1. The number of carbonyl (C=O) groups is 1. The Morgan fingerprint density at radius 3 is 2.68 bits per heavy atom. The number of amides is 1. The van der Waals surface area contributed by atoms with E-state index in [0.717, 1.165) is 11.1 Å². The van der Waals surface area contributed by atoms with Crippen molar-refractivity contribution in [3.05, 3.63) is 71.2 Å². The number of aryl methyl sites for hydroxylation is 1. The van der Waals surface area contributed by atoms with E-state index in [9.17, 15) is 4.79 Å². The molecule has 110 valence electrons. The fourth-order valence-electron chi connectivity index (χ4n) is 2.12. The molecule has 0 radical (unpaired) electrons. The van der Waals surface area contributed by atoms with Crippen LogP contribution in [0.25, 0.3) is 11.3 Å². The van der Waals surface area contributed by atoms with Crippen LogP contribution in [0.15, 0.2) is 59.3 Å². The lowest BCUT2D eigenvalue weighted by atomic mass is 10.1. The number of hydrogen-bond donors (Lipinski definition) is 1. The summed E-state index contributed by atoms with van der Waals surface area (Å²) in [5.41, 5.74) is 2.80. The molecular formula is C17H13ClN2O2. The van der Waals surface area contributed by atoms with Gasteiger partial charge in [-0.2, -0.15) is 0 Å². The molecule has 0 aliphatic rings. The van der Waals surface area contributed by atoms with Gasteiger partial charge in [-0.25, -0.2) is 4.98 Å². The maximum Gasteiger partial charge on any atom is 0.278 e. The summed E-state index contributed by atoms with van der Waals surface area (Å²) in [5, 5.41) is 3.39. The average molecular weight is 313 g/mol. The summed E-state index contributed by atoms with van der Waals surface area (Å²) in [6, 6.07) is 14.6. The third-order valence-electron chi connectivity index (χ3n) is 3.16. The van der Waals surface area contributed by atoms with Crippen molar-refractivity contribution in [3.8, 4) is 11.3 Å². The third kappa shape index (κ3) is 3.02. The number of anilines is 1. The van der Waals surface area contributed by atoms with Crippen molar-refractivity contribution in [1.29, 1.82) is 0 Å². The molecule has 4 nitrogen and oxygen atoms in total. The lowest BCUT2D eigenvalue weighted by Gasteiger charge is -2.05. The fraction of sp³-hybridized carbons (Fsp3) is 0.0588. The summed E-state index contributed by atoms with van der Waals surface area (Å²) in [6.45, 7) is 1.98. The largest absolute Gasteiger partial charge is 0.443 e. The molecule has 0 atom stereocenters. The molecule has 0 aliphatic carbocycles. The van der Waals surface area contributed by atoms with E-state index in [1.807, 2.05) is 31.2 Å². The van der Waals surface area contributed by atoms with Gasteiger partial charge in [-0.3, -0.25) is 4.79 Å². The van der Waals surface area contributed by atoms with E-state index in [0.29, 0.717) is 16.5 Å². The van der Waals surface area contributed by atoms with Crippen molar-refractivity contribution < 1.29 is 9.21 Å². The zero-order valence-corrected chi connectivity index (χ0v) is 12.6. The van der Waals surface area contributed by atoms with Crippen LogP contribution in [0.3, 0.4) is 0 Å². The summed E-state index contributed by atoms with van der Waals surface area (Å²) in [5.74, 6) is 0.128. The van der Waals surface area contributed by atoms with Crippen molar-refractivity contribution in [3.63, 3.8) is 0 Å². The van der Waals surface area contributed by atoms with Crippen LogP contribution in [-0.4, -0.2) is 10.9 Å². The first kappa shape index (κ1) is 14.4. The van der Waals surface area contributed by atoms with Crippen LogP contribution in [0.2, 0.25) is 5.02 Å². The lowest BCUT2D eigenvalue weighted by Crippen LogP contribution is -2.13. The van der Waals surface area contributed by atoms with Gasteiger partial charge in [-0.05, 0) is 37.3 Å². The fourth-order valence-corrected chi connectivity index (χ4v) is 2.25. The van der Waals surface area contributed by atoms with Gasteiger partial charge in [0.1, 0.15) is 0 Å². The quantitative estimate of drug-likeness (QED) is 0.771. The Hall–Kier alpha value is -2.59. The Balaban J connectivity index is 1.88. The monoisotopic (exact) mass is 312 g/mol. The molecule has 2 aromatic carbocycles. The lowest BCUT2D eigenvalue weighted by molar-refractivity contribution is 0.102. The number of hydrogen-bond acceptors (Lipinski definition) is 3. The summed E-state index contributed by atoms with van der Waals surface area (Å²) in [7, 11) is 0. The van der Waals surface area contributed by atoms with Crippen molar-refractivity contribution in [2.45, 2.75) is 6.92 Å².